The Morgan fingerprint density at radius 2 is 0.190 bits per heavy atom. The van der Waals surface area contributed by atoms with Crippen LogP contribution >= 0.6 is 0 Å². The molecule has 0 saturated carbocycles. The lowest BCUT2D eigenvalue weighted by Gasteiger charge is -2.89. The first-order valence-electron chi connectivity index (χ1n) is 18.8. The maximum atomic E-state index is 2.87. The Morgan fingerprint density at radius 3 is 0.214 bits per heavy atom. The van der Waals surface area contributed by atoms with Crippen molar-refractivity contribution in [1.29, 1.82) is 0 Å². The van der Waals surface area contributed by atoms with Crippen LogP contribution in [0.25, 0.3) is 0 Å². The van der Waals surface area contributed by atoms with Crippen LogP contribution in [0.2, 0.25) is 66.5 Å². The quantitative estimate of drug-likeness (QED) is 0.179. The van der Waals surface area contributed by atoms with Gasteiger partial charge in [-0.3, -0.25) is 0 Å². The van der Waals surface area contributed by atoms with Gasteiger partial charge < -0.3 is 0 Å². The molecular formula is C36H84Si6. The lowest BCUT2D eigenvalue weighted by atomic mass is 10.5. The summed E-state index contributed by atoms with van der Waals surface area (Å²) in [4.78, 5) is 0. The SMILES string of the molecule is CC(C)[Si]1(C(C)C)[Si](C(C)C)(C(C)C)[Si](C(C)C)(C(C)C)[Si](C(C)C)(C(C)C)[Si](C(C)C)(C(C)C)[Si]1(C(C)C)C(C)C. The second-order valence-corrected chi connectivity index (χ2v) is 82.1. The zero-order chi connectivity index (χ0) is 33.9. The third kappa shape index (κ3) is 4.14. The molecule has 0 bridgehead atoms. The van der Waals surface area contributed by atoms with Crippen molar-refractivity contribution in [3.8, 4) is 0 Å². The van der Waals surface area contributed by atoms with Gasteiger partial charge in [-0.05, 0) is 0 Å². The fraction of sp³-hybridized carbons (Fsp3) is 1.00. The molecule has 42 heavy (non-hydrogen) atoms. The van der Waals surface area contributed by atoms with E-state index in [1.807, 2.05) is 0 Å². The highest BCUT2D eigenvalue weighted by atomic mass is 30.2. The van der Waals surface area contributed by atoms with Gasteiger partial charge in [0.1, 0.15) is 0 Å². The summed E-state index contributed by atoms with van der Waals surface area (Å²) < 4.78 is 0. The zero-order valence-corrected chi connectivity index (χ0v) is 39.9. The molecular weight excluding hydrogens is 601 g/mol. The summed E-state index contributed by atoms with van der Waals surface area (Å²) in [7, 11) is -11.5. The van der Waals surface area contributed by atoms with Crippen molar-refractivity contribution in [3.05, 3.63) is 0 Å². The van der Waals surface area contributed by atoms with E-state index in [1.54, 1.807) is 0 Å². The summed E-state index contributed by atoms with van der Waals surface area (Å²) in [6.45, 7) is 68.8. The lowest BCUT2D eigenvalue weighted by molar-refractivity contribution is 0.823. The van der Waals surface area contributed by atoms with Gasteiger partial charge >= 0.3 is 0 Å². The minimum atomic E-state index is -1.92. The summed E-state index contributed by atoms with van der Waals surface area (Å²) in [6, 6.07) is 0. The van der Waals surface area contributed by atoms with Crippen LogP contribution < -0.4 is 0 Å². The molecule has 0 aromatic carbocycles. The minimum absolute atomic E-state index is 0.908. The van der Waals surface area contributed by atoms with Crippen molar-refractivity contribution >= 4 is 42.7 Å². The molecule has 252 valence electrons. The Kier molecular flexibility index (Phi) is 13.2. The first kappa shape index (κ1) is 41.3. The maximum absolute atomic E-state index is 2.87. The van der Waals surface area contributed by atoms with Gasteiger partial charge in [-0.1, -0.05) is 233 Å². The molecule has 1 saturated heterocycles. The third-order valence-corrected chi connectivity index (χ3v) is 169. The highest BCUT2D eigenvalue weighted by molar-refractivity contribution is 8.16. The van der Waals surface area contributed by atoms with Crippen LogP contribution in [0.15, 0.2) is 0 Å². The molecule has 1 aliphatic rings. The molecule has 1 fully saturated rings. The molecule has 0 amide bonds. The van der Waals surface area contributed by atoms with Crippen molar-refractivity contribution in [2.75, 3.05) is 0 Å². The normalized spacial score (nSPS) is 23.1. The molecule has 0 atom stereocenters. The van der Waals surface area contributed by atoms with Crippen LogP contribution in [0.1, 0.15) is 166 Å². The smallest absolute Gasteiger partial charge is 0.0437 e. The zero-order valence-electron chi connectivity index (χ0n) is 33.9. The summed E-state index contributed by atoms with van der Waals surface area (Å²) in [5.74, 6) is 0. The van der Waals surface area contributed by atoms with Crippen molar-refractivity contribution < 1.29 is 0 Å². The molecule has 6 heteroatoms. The van der Waals surface area contributed by atoms with E-state index in [1.165, 1.54) is 0 Å². The molecule has 1 aliphatic heterocycles. The van der Waals surface area contributed by atoms with Crippen LogP contribution in [0.4, 0.5) is 0 Å². The van der Waals surface area contributed by atoms with Crippen LogP contribution in [0.3, 0.4) is 0 Å². The lowest BCUT2D eigenvalue weighted by Crippen LogP contribution is -3.11. The van der Waals surface area contributed by atoms with Crippen LogP contribution in [0.5, 0.6) is 0 Å². The van der Waals surface area contributed by atoms with E-state index in [0.29, 0.717) is 0 Å². The van der Waals surface area contributed by atoms with Gasteiger partial charge in [0.2, 0.25) is 0 Å². The monoisotopic (exact) mass is 685 g/mol. The van der Waals surface area contributed by atoms with Crippen molar-refractivity contribution in [1.82, 2.24) is 0 Å². The van der Waals surface area contributed by atoms with Gasteiger partial charge in [0.05, 0.1) is 0 Å². The number of hydrogen-bond acceptors (Lipinski definition) is 0. The maximum Gasteiger partial charge on any atom is 0.0437 e. The molecule has 0 spiro atoms. The van der Waals surface area contributed by atoms with E-state index in [9.17, 15) is 0 Å². The van der Waals surface area contributed by atoms with E-state index >= 15 is 0 Å². The standard InChI is InChI=1S/C36H84Si6/c1-25(2)37(26(3)4)38(27(5)6,28(7)8)40(31(13)14,32(15)16)42(35(21)22,36(23)24)41(33(17)18,34(19)20)39(37,29(9)10)30(11)12/h25-36H,1-24H3. The van der Waals surface area contributed by atoms with Gasteiger partial charge in [0, 0.05) is 42.7 Å². The van der Waals surface area contributed by atoms with Gasteiger partial charge in [-0.15, -0.1) is 0 Å². The van der Waals surface area contributed by atoms with Crippen LogP contribution in [-0.4, -0.2) is 42.7 Å². The van der Waals surface area contributed by atoms with Gasteiger partial charge in [0.25, 0.3) is 0 Å². The average molecular weight is 686 g/mol. The first-order chi connectivity index (χ1) is 18.8. The van der Waals surface area contributed by atoms with Crippen molar-refractivity contribution in [2.45, 2.75) is 233 Å². The average Bonchev–Trinajstić information content (AvgIpc) is 2.78. The molecule has 0 aliphatic carbocycles. The van der Waals surface area contributed by atoms with Crippen molar-refractivity contribution in [2.24, 2.45) is 0 Å². The van der Waals surface area contributed by atoms with E-state index in [4.69, 9.17) is 0 Å². The molecule has 0 radical (unpaired) electrons. The van der Waals surface area contributed by atoms with Gasteiger partial charge in [-0.25, -0.2) is 0 Å². The first-order valence-corrected chi connectivity index (χ1v) is 37.7. The van der Waals surface area contributed by atoms with Crippen molar-refractivity contribution in [3.63, 3.8) is 0 Å². The molecule has 0 unspecified atom stereocenters. The number of rotatable bonds is 12. The fourth-order valence-electron chi connectivity index (χ4n) is 17.5. The minimum Gasteiger partial charge on any atom is -0.0656 e. The van der Waals surface area contributed by atoms with Gasteiger partial charge in [0.15, 0.2) is 0 Å². The molecule has 1 heterocycles. The Labute approximate surface area is 274 Å². The Balaban J connectivity index is 5.66. The highest BCUT2D eigenvalue weighted by Crippen LogP contribution is 2.78. The summed E-state index contributed by atoms with van der Waals surface area (Å²) in [5.41, 5.74) is 10.9. The summed E-state index contributed by atoms with van der Waals surface area (Å²) >= 11 is 0. The molecule has 0 aromatic heterocycles. The molecule has 0 N–H and O–H groups in total. The molecule has 0 nitrogen and oxygen atoms in total. The number of hydrogen-bond donors (Lipinski definition) is 0. The van der Waals surface area contributed by atoms with E-state index in [0.717, 1.165) is 66.5 Å². The molecule has 1 rings (SSSR count). The Hall–Kier alpha value is 1.30. The summed E-state index contributed by atoms with van der Waals surface area (Å²) in [6.07, 6.45) is 0. The predicted molar refractivity (Wildman–Crippen MR) is 216 cm³/mol. The van der Waals surface area contributed by atoms with E-state index < -0.39 is 42.7 Å². The van der Waals surface area contributed by atoms with Gasteiger partial charge in [-0.2, -0.15) is 0 Å². The predicted octanol–water partition coefficient (Wildman–Crippen LogP) is 14.1. The Morgan fingerprint density at radius 1 is 0.143 bits per heavy atom. The van der Waals surface area contributed by atoms with Crippen LogP contribution in [-0.2, 0) is 0 Å². The highest BCUT2D eigenvalue weighted by Gasteiger charge is 2.94. The van der Waals surface area contributed by atoms with E-state index in [2.05, 4.69) is 166 Å². The second-order valence-electron chi connectivity index (χ2n) is 19.1. The Bertz CT molecular complexity index is 619. The van der Waals surface area contributed by atoms with E-state index in [-0.39, 0.29) is 0 Å². The molecule has 0 aromatic rings. The third-order valence-electron chi connectivity index (χ3n) is 15.0. The second kappa shape index (κ2) is 13.4. The van der Waals surface area contributed by atoms with Crippen LogP contribution in [0, 0.1) is 0 Å². The topological polar surface area (TPSA) is 0 Å². The largest absolute Gasteiger partial charge is 0.0656 e. The fourth-order valence-corrected chi connectivity index (χ4v) is 320. The summed E-state index contributed by atoms with van der Waals surface area (Å²) in [5, 5.41) is 0.